The molecule has 0 saturated carbocycles. The van der Waals surface area contributed by atoms with Crippen LogP contribution in [0.2, 0.25) is 0 Å². The highest BCUT2D eigenvalue weighted by atomic mass is 19.1. The number of benzene rings is 2. The van der Waals surface area contributed by atoms with Gasteiger partial charge in [-0.05, 0) is 49.4 Å². The van der Waals surface area contributed by atoms with Gasteiger partial charge in [0.05, 0.1) is 12.7 Å². The van der Waals surface area contributed by atoms with Crippen LogP contribution < -0.4 is 15.2 Å². The second kappa shape index (κ2) is 7.26. The molecule has 0 saturated heterocycles. The van der Waals surface area contributed by atoms with Crippen molar-refractivity contribution < 1.29 is 23.1 Å². The number of halogens is 1. The van der Waals surface area contributed by atoms with E-state index in [1.165, 1.54) is 25.3 Å². The molecule has 3 aromatic rings. The molecular formula is C19H17FN2O4. The van der Waals surface area contributed by atoms with Gasteiger partial charge in [-0.15, -0.1) is 0 Å². The van der Waals surface area contributed by atoms with Crippen LogP contribution in [0.4, 0.5) is 4.39 Å². The molecule has 134 valence electrons. The normalized spacial score (nSPS) is 10.6. The monoisotopic (exact) mass is 356 g/mol. The molecule has 0 unspecified atom stereocenters. The number of carbonyl (C=O) groups excluding carboxylic acids is 1. The lowest BCUT2D eigenvalue weighted by Crippen LogP contribution is -2.10. The first-order valence-corrected chi connectivity index (χ1v) is 7.81. The quantitative estimate of drug-likeness (QED) is 0.731. The molecule has 7 heteroatoms. The predicted molar refractivity (Wildman–Crippen MR) is 92.5 cm³/mol. The van der Waals surface area contributed by atoms with Crippen molar-refractivity contribution >= 4 is 5.91 Å². The van der Waals surface area contributed by atoms with E-state index in [4.69, 9.17) is 19.6 Å². The van der Waals surface area contributed by atoms with E-state index in [2.05, 4.69) is 4.98 Å². The average Bonchev–Trinajstić information content (AvgIpc) is 3.01. The molecule has 1 aromatic heterocycles. The lowest BCUT2D eigenvalue weighted by Gasteiger charge is -2.05. The van der Waals surface area contributed by atoms with Gasteiger partial charge in [-0.2, -0.15) is 0 Å². The standard InChI is InChI=1S/C19H17FN2O4/c1-11-17(10-25-13-5-3-12(4-6-13)18(21)23)22-19(26-11)15-9-14(24-2)7-8-16(15)20/h3-9H,10H2,1-2H3,(H2,21,23). The molecule has 0 aliphatic carbocycles. The first-order chi connectivity index (χ1) is 12.5. The Morgan fingerprint density at radius 1 is 1.19 bits per heavy atom. The summed E-state index contributed by atoms with van der Waals surface area (Å²) in [5.41, 5.74) is 6.35. The van der Waals surface area contributed by atoms with Crippen LogP contribution in [0.5, 0.6) is 11.5 Å². The Kier molecular flexibility index (Phi) is 4.88. The zero-order valence-corrected chi connectivity index (χ0v) is 14.3. The zero-order chi connectivity index (χ0) is 18.7. The summed E-state index contributed by atoms with van der Waals surface area (Å²) in [7, 11) is 1.50. The smallest absolute Gasteiger partial charge is 0.248 e. The van der Waals surface area contributed by atoms with E-state index in [1.807, 2.05) is 0 Å². The molecular weight excluding hydrogens is 339 g/mol. The molecule has 26 heavy (non-hydrogen) atoms. The second-order valence-electron chi connectivity index (χ2n) is 5.54. The SMILES string of the molecule is COc1ccc(F)c(-c2nc(COc3ccc(C(N)=O)cc3)c(C)o2)c1. The first-order valence-electron chi connectivity index (χ1n) is 7.81. The molecule has 1 heterocycles. The summed E-state index contributed by atoms with van der Waals surface area (Å²) in [6.07, 6.45) is 0. The molecule has 6 nitrogen and oxygen atoms in total. The summed E-state index contributed by atoms with van der Waals surface area (Å²) in [5.74, 6) is 0.768. The molecule has 0 spiro atoms. The number of aryl methyl sites for hydroxylation is 1. The number of amides is 1. The predicted octanol–water partition coefficient (Wildman–Crippen LogP) is 3.48. The maximum Gasteiger partial charge on any atom is 0.248 e. The molecule has 2 N–H and O–H groups in total. The number of nitrogens with two attached hydrogens (primary N) is 1. The molecule has 0 aliphatic heterocycles. The Morgan fingerprint density at radius 2 is 1.88 bits per heavy atom. The number of rotatable bonds is 6. The number of primary amides is 1. The lowest BCUT2D eigenvalue weighted by atomic mass is 10.2. The molecule has 1 amide bonds. The van der Waals surface area contributed by atoms with Gasteiger partial charge in [0, 0.05) is 5.56 Å². The molecule has 3 rings (SSSR count). The summed E-state index contributed by atoms with van der Waals surface area (Å²) in [6, 6.07) is 10.8. The summed E-state index contributed by atoms with van der Waals surface area (Å²) in [4.78, 5) is 15.4. The van der Waals surface area contributed by atoms with E-state index in [1.54, 1.807) is 31.2 Å². The highest BCUT2D eigenvalue weighted by Crippen LogP contribution is 2.28. The first kappa shape index (κ1) is 17.5. The fourth-order valence-corrected chi connectivity index (χ4v) is 2.34. The van der Waals surface area contributed by atoms with Gasteiger partial charge >= 0.3 is 0 Å². The minimum absolute atomic E-state index is 0.136. The van der Waals surface area contributed by atoms with Gasteiger partial charge in [-0.3, -0.25) is 4.79 Å². The van der Waals surface area contributed by atoms with Crippen molar-refractivity contribution in [1.29, 1.82) is 0 Å². The maximum atomic E-state index is 14.1. The number of nitrogens with zero attached hydrogens (tertiary/aromatic N) is 1. The van der Waals surface area contributed by atoms with Gasteiger partial charge in [-0.1, -0.05) is 0 Å². The van der Waals surface area contributed by atoms with E-state index in [-0.39, 0.29) is 18.1 Å². The van der Waals surface area contributed by atoms with Crippen LogP contribution in [-0.2, 0) is 6.61 Å². The molecule has 0 radical (unpaired) electrons. The fourth-order valence-electron chi connectivity index (χ4n) is 2.34. The topological polar surface area (TPSA) is 87.6 Å². The van der Waals surface area contributed by atoms with E-state index in [9.17, 15) is 9.18 Å². The second-order valence-corrected chi connectivity index (χ2v) is 5.54. The molecule has 0 aliphatic rings. The Morgan fingerprint density at radius 3 is 2.54 bits per heavy atom. The molecule has 0 bridgehead atoms. The third-order valence-electron chi connectivity index (χ3n) is 3.81. The summed E-state index contributed by atoms with van der Waals surface area (Å²) in [6.45, 7) is 1.86. The summed E-state index contributed by atoms with van der Waals surface area (Å²) in [5, 5.41) is 0. The Hall–Kier alpha value is -3.35. The maximum absolute atomic E-state index is 14.1. The average molecular weight is 356 g/mol. The number of hydrogen-bond donors (Lipinski definition) is 1. The number of hydrogen-bond acceptors (Lipinski definition) is 5. The number of oxazole rings is 1. The summed E-state index contributed by atoms with van der Waals surface area (Å²) >= 11 is 0. The van der Waals surface area contributed by atoms with Crippen LogP contribution in [0.15, 0.2) is 46.9 Å². The van der Waals surface area contributed by atoms with Crippen LogP contribution in [0, 0.1) is 12.7 Å². The van der Waals surface area contributed by atoms with Gasteiger partial charge in [0.1, 0.15) is 35.4 Å². The zero-order valence-electron chi connectivity index (χ0n) is 14.3. The minimum atomic E-state index is -0.506. The van der Waals surface area contributed by atoms with Gasteiger partial charge < -0.3 is 19.6 Å². The van der Waals surface area contributed by atoms with Crippen molar-refractivity contribution in [3.05, 3.63) is 65.3 Å². The highest BCUT2D eigenvalue weighted by Gasteiger charge is 2.16. The minimum Gasteiger partial charge on any atom is -0.497 e. The van der Waals surface area contributed by atoms with E-state index in [0.29, 0.717) is 28.5 Å². The van der Waals surface area contributed by atoms with Crippen molar-refractivity contribution in [2.45, 2.75) is 13.5 Å². The Balaban J connectivity index is 1.77. The van der Waals surface area contributed by atoms with Crippen molar-refractivity contribution in [2.24, 2.45) is 5.73 Å². The van der Waals surface area contributed by atoms with Crippen LogP contribution in [0.1, 0.15) is 21.8 Å². The lowest BCUT2D eigenvalue weighted by molar-refractivity contribution is 0.1000. The van der Waals surface area contributed by atoms with Crippen LogP contribution >= 0.6 is 0 Å². The van der Waals surface area contributed by atoms with Gasteiger partial charge in [0.25, 0.3) is 0 Å². The molecule has 0 atom stereocenters. The summed E-state index contributed by atoms with van der Waals surface area (Å²) < 4.78 is 30.4. The Bertz CT molecular complexity index is 935. The third-order valence-corrected chi connectivity index (χ3v) is 3.81. The number of aromatic nitrogens is 1. The number of carbonyl (C=O) groups is 1. The van der Waals surface area contributed by atoms with Crippen molar-refractivity contribution in [3.8, 4) is 23.0 Å². The number of ether oxygens (including phenoxy) is 2. The fraction of sp³-hybridized carbons (Fsp3) is 0.158. The van der Waals surface area contributed by atoms with E-state index in [0.717, 1.165) is 0 Å². The van der Waals surface area contributed by atoms with E-state index >= 15 is 0 Å². The van der Waals surface area contributed by atoms with Gasteiger partial charge in [0.2, 0.25) is 11.8 Å². The van der Waals surface area contributed by atoms with Crippen LogP contribution in [0.25, 0.3) is 11.5 Å². The third kappa shape index (κ3) is 3.66. The van der Waals surface area contributed by atoms with E-state index < -0.39 is 11.7 Å². The number of methoxy groups -OCH3 is 1. The Labute approximate surface area is 149 Å². The van der Waals surface area contributed by atoms with Crippen molar-refractivity contribution in [3.63, 3.8) is 0 Å². The molecule has 0 fully saturated rings. The van der Waals surface area contributed by atoms with Crippen molar-refractivity contribution in [1.82, 2.24) is 4.98 Å². The van der Waals surface area contributed by atoms with Gasteiger partial charge in [0.15, 0.2) is 0 Å². The van der Waals surface area contributed by atoms with Crippen LogP contribution in [-0.4, -0.2) is 18.0 Å². The molecule has 2 aromatic carbocycles. The van der Waals surface area contributed by atoms with Crippen molar-refractivity contribution in [2.75, 3.05) is 7.11 Å². The highest BCUT2D eigenvalue weighted by molar-refractivity contribution is 5.92. The van der Waals surface area contributed by atoms with Crippen LogP contribution in [0.3, 0.4) is 0 Å². The van der Waals surface area contributed by atoms with Gasteiger partial charge in [-0.25, -0.2) is 9.37 Å². The largest absolute Gasteiger partial charge is 0.497 e.